The van der Waals surface area contributed by atoms with Crippen LogP contribution in [-0.2, 0) is 0 Å². The fourth-order valence-corrected chi connectivity index (χ4v) is 4.52. The van der Waals surface area contributed by atoms with Gasteiger partial charge in [-0.25, -0.2) is 9.07 Å². The van der Waals surface area contributed by atoms with E-state index in [0.29, 0.717) is 28.9 Å². The molecule has 0 spiro atoms. The van der Waals surface area contributed by atoms with Crippen LogP contribution in [-0.4, -0.2) is 33.2 Å². The van der Waals surface area contributed by atoms with E-state index in [-0.39, 0.29) is 11.7 Å². The molecular weight excluding hydrogens is 317 g/mol. The Balaban J connectivity index is 1.64. The quantitative estimate of drug-likeness (QED) is 0.824. The van der Waals surface area contributed by atoms with Crippen molar-refractivity contribution >= 4 is 5.91 Å². The smallest absolute Gasteiger partial charge is 0.257 e. The van der Waals surface area contributed by atoms with E-state index < -0.39 is 0 Å². The number of para-hydroxylation sites is 1. The van der Waals surface area contributed by atoms with E-state index in [4.69, 9.17) is 0 Å². The maximum Gasteiger partial charge on any atom is 0.257 e. The highest BCUT2D eigenvalue weighted by atomic mass is 19.1. The molecule has 2 heterocycles. The summed E-state index contributed by atoms with van der Waals surface area (Å²) in [6.07, 6.45) is 8.75. The number of hydrogen-bond donors (Lipinski definition) is 0. The summed E-state index contributed by atoms with van der Waals surface area (Å²) in [5, 5.41) is 4.30. The first-order valence-corrected chi connectivity index (χ1v) is 9.27. The molecule has 1 saturated heterocycles. The molecule has 132 valence electrons. The third-order valence-electron chi connectivity index (χ3n) is 5.82. The van der Waals surface area contributed by atoms with Gasteiger partial charge in [0.2, 0.25) is 0 Å². The molecule has 0 N–H and O–H groups in total. The third kappa shape index (κ3) is 2.86. The Morgan fingerprint density at radius 3 is 2.76 bits per heavy atom. The van der Waals surface area contributed by atoms with E-state index in [9.17, 15) is 9.18 Å². The minimum atomic E-state index is -0.335. The van der Waals surface area contributed by atoms with Gasteiger partial charge < -0.3 is 4.90 Å². The number of halogens is 1. The van der Waals surface area contributed by atoms with Crippen LogP contribution in [0.4, 0.5) is 4.39 Å². The second kappa shape index (κ2) is 6.62. The number of nitrogens with zero attached hydrogens (tertiary/aromatic N) is 3. The molecule has 0 radical (unpaired) electrons. The predicted molar refractivity (Wildman–Crippen MR) is 94.3 cm³/mol. The predicted octanol–water partition coefficient (Wildman–Crippen LogP) is 4.11. The molecular formula is C20H24FN3O. The molecule has 1 amide bonds. The molecule has 2 aliphatic rings. The van der Waals surface area contributed by atoms with Gasteiger partial charge in [0.15, 0.2) is 0 Å². The number of piperidine rings is 1. The van der Waals surface area contributed by atoms with Crippen molar-refractivity contribution < 1.29 is 9.18 Å². The van der Waals surface area contributed by atoms with Crippen molar-refractivity contribution in [1.29, 1.82) is 0 Å². The maximum absolute atomic E-state index is 14.1. The van der Waals surface area contributed by atoms with Gasteiger partial charge in [-0.15, -0.1) is 0 Å². The van der Waals surface area contributed by atoms with E-state index in [1.165, 1.54) is 36.4 Å². The van der Waals surface area contributed by atoms with Crippen LogP contribution in [0.2, 0.25) is 0 Å². The SMILES string of the molecule is Cc1c(C(=O)N2CCCC3CCCCC32)cnn1-c1ccccc1F. The van der Waals surface area contributed by atoms with Gasteiger partial charge in [-0.2, -0.15) is 5.10 Å². The molecule has 2 unspecified atom stereocenters. The van der Waals surface area contributed by atoms with Crippen LogP contribution >= 0.6 is 0 Å². The number of hydrogen-bond acceptors (Lipinski definition) is 2. The summed E-state index contributed by atoms with van der Waals surface area (Å²) in [6.45, 7) is 2.67. The summed E-state index contributed by atoms with van der Waals surface area (Å²) < 4.78 is 15.6. The van der Waals surface area contributed by atoms with Crippen molar-refractivity contribution in [2.24, 2.45) is 5.92 Å². The van der Waals surface area contributed by atoms with E-state index in [2.05, 4.69) is 10.00 Å². The van der Waals surface area contributed by atoms with Crippen molar-refractivity contribution in [3.8, 4) is 5.69 Å². The molecule has 1 aromatic heterocycles. The molecule has 2 atom stereocenters. The first-order valence-electron chi connectivity index (χ1n) is 9.27. The second-order valence-electron chi connectivity index (χ2n) is 7.26. The molecule has 4 nitrogen and oxygen atoms in total. The zero-order chi connectivity index (χ0) is 17.4. The number of carbonyl (C=O) groups excluding carboxylic acids is 1. The van der Waals surface area contributed by atoms with Gasteiger partial charge in [0, 0.05) is 12.6 Å². The van der Waals surface area contributed by atoms with Crippen LogP contribution in [0.5, 0.6) is 0 Å². The Hall–Kier alpha value is -2.17. The molecule has 2 aromatic rings. The van der Waals surface area contributed by atoms with Crippen LogP contribution < -0.4 is 0 Å². The van der Waals surface area contributed by atoms with Crippen LogP contribution in [0.1, 0.15) is 54.6 Å². The van der Waals surface area contributed by atoms with Crippen LogP contribution in [0, 0.1) is 18.7 Å². The van der Waals surface area contributed by atoms with Gasteiger partial charge in [0.25, 0.3) is 5.91 Å². The van der Waals surface area contributed by atoms with Crippen molar-refractivity contribution in [1.82, 2.24) is 14.7 Å². The molecule has 0 bridgehead atoms. The Morgan fingerprint density at radius 1 is 1.16 bits per heavy atom. The van der Waals surface area contributed by atoms with Gasteiger partial charge in [-0.1, -0.05) is 25.0 Å². The molecule has 4 rings (SSSR count). The largest absolute Gasteiger partial charge is 0.335 e. The minimum absolute atomic E-state index is 0.0525. The second-order valence-corrected chi connectivity index (χ2v) is 7.26. The maximum atomic E-state index is 14.1. The van der Waals surface area contributed by atoms with Crippen molar-refractivity contribution in [3.05, 3.63) is 47.5 Å². The lowest BCUT2D eigenvalue weighted by molar-refractivity contribution is 0.0390. The molecule has 1 aliphatic heterocycles. The summed E-state index contributed by atoms with van der Waals surface area (Å²) >= 11 is 0. The number of aromatic nitrogens is 2. The van der Waals surface area contributed by atoms with E-state index in [0.717, 1.165) is 19.4 Å². The van der Waals surface area contributed by atoms with Gasteiger partial charge in [-0.3, -0.25) is 4.79 Å². The van der Waals surface area contributed by atoms with Gasteiger partial charge in [0.05, 0.1) is 17.5 Å². The highest BCUT2D eigenvalue weighted by Gasteiger charge is 2.36. The van der Waals surface area contributed by atoms with Crippen LogP contribution in [0.15, 0.2) is 30.5 Å². The fourth-order valence-electron chi connectivity index (χ4n) is 4.52. The van der Waals surface area contributed by atoms with Crippen molar-refractivity contribution in [2.45, 2.75) is 51.5 Å². The Kier molecular flexibility index (Phi) is 4.32. The number of carbonyl (C=O) groups is 1. The van der Waals surface area contributed by atoms with Gasteiger partial charge in [0.1, 0.15) is 11.5 Å². The lowest BCUT2D eigenvalue weighted by Gasteiger charge is -2.44. The summed E-state index contributed by atoms with van der Waals surface area (Å²) in [5.74, 6) is 0.364. The molecule has 2 fully saturated rings. The summed E-state index contributed by atoms with van der Waals surface area (Å²) in [6, 6.07) is 6.89. The molecule has 5 heteroatoms. The average Bonchev–Trinajstić information content (AvgIpc) is 3.02. The third-order valence-corrected chi connectivity index (χ3v) is 5.82. The lowest BCUT2D eigenvalue weighted by atomic mass is 9.78. The highest BCUT2D eigenvalue weighted by molar-refractivity contribution is 5.95. The van der Waals surface area contributed by atoms with E-state index in [1.807, 2.05) is 6.92 Å². The standard InChI is InChI=1S/C20H24FN3O/c1-14-16(13-22-24(14)19-11-5-3-9-17(19)21)20(25)23-12-6-8-15-7-2-4-10-18(15)23/h3,5,9,11,13,15,18H,2,4,6-8,10,12H2,1H3. The molecule has 25 heavy (non-hydrogen) atoms. The zero-order valence-electron chi connectivity index (χ0n) is 14.6. The van der Waals surface area contributed by atoms with E-state index in [1.54, 1.807) is 24.4 Å². The fraction of sp³-hybridized carbons (Fsp3) is 0.500. The Bertz CT molecular complexity index is 783. The molecule has 1 aromatic carbocycles. The summed E-state index contributed by atoms with van der Waals surface area (Å²) in [5.41, 5.74) is 1.68. The molecule has 1 saturated carbocycles. The number of rotatable bonds is 2. The zero-order valence-corrected chi connectivity index (χ0v) is 14.6. The first-order chi connectivity index (χ1) is 12.2. The topological polar surface area (TPSA) is 38.1 Å². The van der Waals surface area contributed by atoms with Crippen molar-refractivity contribution in [2.75, 3.05) is 6.54 Å². The van der Waals surface area contributed by atoms with E-state index >= 15 is 0 Å². The van der Waals surface area contributed by atoms with Crippen LogP contribution in [0.25, 0.3) is 5.69 Å². The highest BCUT2D eigenvalue weighted by Crippen LogP contribution is 2.36. The van der Waals surface area contributed by atoms with Crippen molar-refractivity contribution in [3.63, 3.8) is 0 Å². The monoisotopic (exact) mass is 341 g/mol. The summed E-state index contributed by atoms with van der Waals surface area (Å²) in [4.78, 5) is 15.2. The minimum Gasteiger partial charge on any atom is -0.335 e. The van der Waals surface area contributed by atoms with Gasteiger partial charge in [-0.05, 0) is 50.7 Å². The number of benzene rings is 1. The van der Waals surface area contributed by atoms with Crippen LogP contribution in [0.3, 0.4) is 0 Å². The lowest BCUT2D eigenvalue weighted by Crippen LogP contribution is -2.49. The average molecular weight is 341 g/mol. The normalized spacial score (nSPS) is 23.4. The number of amides is 1. The molecule has 1 aliphatic carbocycles. The Morgan fingerprint density at radius 2 is 1.92 bits per heavy atom. The number of likely N-dealkylation sites (tertiary alicyclic amines) is 1. The first kappa shape index (κ1) is 16.3. The summed E-state index contributed by atoms with van der Waals surface area (Å²) in [7, 11) is 0. The number of fused-ring (bicyclic) bond motifs is 1. The Labute approximate surface area is 147 Å². The van der Waals surface area contributed by atoms with Gasteiger partial charge >= 0.3 is 0 Å².